The third-order valence-corrected chi connectivity index (χ3v) is 5.17. The normalized spacial score (nSPS) is 19.0. The second-order valence-corrected chi connectivity index (χ2v) is 7.10. The van der Waals surface area contributed by atoms with Crippen molar-refractivity contribution in [2.24, 2.45) is 0 Å². The number of hydrogen-bond acceptors (Lipinski definition) is 3. The van der Waals surface area contributed by atoms with Crippen molar-refractivity contribution in [3.05, 3.63) is 77.9 Å². The third-order valence-electron chi connectivity index (χ3n) is 5.17. The van der Waals surface area contributed by atoms with Crippen molar-refractivity contribution in [1.82, 2.24) is 20.1 Å². The minimum Gasteiger partial charge on any atom is -0.347 e. The fourth-order valence-corrected chi connectivity index (χ4v) is 3.83. The second kappa shape index (κ2) is 6.75. The maximum atomic E-state index is 12.7. The molecule has 0 spiro atoms. The lowest BCUT2D eigenvalue weighted by molar-refractivity contribution is -0.122. The van der Waals surface area contributed by atoms with Crippen molar-refractivity contribution in [1.29, 1.82) is 0 Å². The van der Waals surface area contributed by atoms with Gasteiger partial charge in [-0.2, -0.15) is 0 Å². The molecular formula is C21H22N4O. The summed E-state index contributed by atoms with van der Waals surface area (Å²) in [6.45, 7) is 2.14. The molecule has 1 aliphatic rings. The fourth-order valence-electron chi connectivity index (χ4n) is 3.83. The Bertz CT molecular complexity index is 902. The Hall–Kier alpha value is -2.95. The molecule has 0 aliphatic heterocycles. The van der Waals surface area contributed by atoms with Gasteiger partial charge in [0, 0.05) is 5.69 Å². The molecule has 5 nitrogen and oxygen atoms in total. The van der Waals surface area contributed by atoms with Crippen LogP contribution in [0.4, 0.5) is 0 Å². The highest BCUT2D eigenvalue weighted by Crippen LogP contribution is 2.34. The maximum absolute atomic E-state index is 12.7. The van der Waals surface area contributed by atoms with Crippen molar-refractivity contribution in [3.8, 4) is 5.69 Å². The van der Waals surface area contributed by atoms with Crippen LogP contribution in [0.2, 0.25) is 0 Å². The summed E-state index contributed by atoms with van der Waals surface area (Å²) < 4.78 is 1.84. The maximum Gasteiger partial charge on any atom is 0.225 e. The van der Waals surface area contributed by atoms with E-state index in [-0.39, 0.29) is 11.4 Å². The first-order valence-corrected chi connectivity index (χ1v) is 8.97. The van der Waals surface area contributed by atoms with Crippen LogP contribution >= 0.6 is 0 Å². The number of aromatic nitrogens is 3. The van der Waals surface area contributed by atoms with Gasteiger partial charge in [-0.3, -0.25) is 9.36 Å². The summed E-state index contributed by atoms with van der Waals surface area (Å²) in [5.41, 5.74) is 4.29. The summed E-state index contributed by atoms with van der Waals surface area (Å²) in [5, 5.41) is 10.9. The molecular weight excluding hydrogens is 324 g/mol. The highest BCUT2D eigenvalue weighted by Gasteiger charge is 2.32. The van der Waals surface area contributed by atoms with E-state index in [2.05, 4.69) is 46.7 Å². The average molecular weight is 346 g/mol. The second-order valence-electron chi connectivity index (χ2n) is 7.10. The van der Waals surface area contributed by atoms with Crippen LogP contribution in [-0.4, -0.2) is 20.7 Å². The Morgan fingerprint density at radius 2 is 1.85 bits per heavy atom. The molecule has 1 N–H and O–H groups in total. The van der Waals surface area contributed by atoms with E-state index >= 15 is 0 Å². The molecule has 5 heteroatoms. The van der Waals surface area contributed by atoms with Crippen LogP contribution in [0, 0.1) is 0 Å². The Labute approximate surface area is 153 Å². The molecule has 1 heterocycles. The largest absolute Gasteiger partial charge is 0.347 e. The lowest BCUT2D eigenvalue weighted by Gasteiger charge is -2.37. The molecule has 0 saturated heterocycles. The summed E-state index contributed by atoms with van der Waals surface area (Å²) in [7, 11) is 0. The van der Waals surface area contributed by atoms with Crippen molar-refractivity contribution in [2.75, 3.05) is 0 Å². The summed E-state index contributed by atoms with van der Waals surface area (Å²) >= 11 is 0. The summed E-state index contributed by atoms with van der Waals surface area (Å²) in [5.74, 6) is 0.0567. The van der Waals surface area contributed by atoms with Crippen LogP contribution in [0.1, 0.15) is 36.5 Å². The van der Waals surface area contributed by atoms with Gasteiger partial charge in [0.15, 0.2) is 0 Å². The molecule has 26 heavy (non-hydrogen) atoms. The van der Waals surface area contributed by atoms with Gasteiger partial charge in [0.05, 0.1) is 12.0 Å². The molecule has 1 unspecified atom stereocenters. The Morgan fingerprint density at radius 3 is 2.62 bits per heavy atom. The number of fused-ring (bicyclic) bond motifs is 1. The fraction of sp³-hybridized carbons (Fsp3) is 0.286. The Kier molecular flexibility index (Phi) is 4.29. The molecule has 1 amide bonds. The van der Waals surface area contributed by atoms with Crippen LogP contribution in [0.15, 0.2) is 61.2 Å². The zero-order valence-corrected chi connectivity index (χ0v) is 14.9. The van der Waals surface area contributed by atoms with E-state index in [0.29, 0.717) is 6.42 Å². The predicted octanol–water partition coefficient (Wildman–Crippen LogP) is 3.18. The van der Waals surface area contributed by atoms with Gasteiger partial charge in [0.25, 0.3) is 0 Å². The van der Waals surface area contributed by atoms with Crippen molar-refractivity contribution >= 4 is 5.91 Å². The van der Waals surface area contributed by atoms with Gasteiger partial charge in [-0.1, -0.05) is 36.4 Å². The monoisotopic (exact) mass is 346 g/mol. The van der Waals surface area contributed by atoms with Crippen LogP contribution < -0.4 is 5.32 Å². The van der Waals surface area contributed by atoms with Gasteiger partial charge in [0.1, 0.15) is 12.7 Å². The van der Waals surface area contributed by atoms with Gasteiger partial charge >= 0.3 is 0 Å². The Balaban J connectivity index is 1.46. The van der Waals surface area contributed by atoms with Crippen molar-refractivity contribution < 1.29 is 4.79 Å². The quantitative estimate of drug-likeness (QED) is 0.789. The molecule has 0 fully saturated rings. The predicted molar refractivity (Wildman–Crippen MR) is 99.9 cm³/mol. The first-order valence-electron chi connectivity index (χ1n) is 8.97. The van der Waals surface area contributed by atoms with Gasteiger partial charge in [-0.15, -0.1) is 10.2 Å². The van der Waals surface area contributed by atoms with E-state index in [9.17, 15) is 4.79 Å². The van der Waals surface area contributed by atoms with Gasteiger partial charge in [-0.05, 0) is 55.0 Å². The number of amides is 1. The molecule has 0 saturated carbocycles. The number of benzene rings is 2. The number of nitrogens with one attached hydrogen (secondary N) is 1. The molecule has 4 rings (SSSR count). The molecule has 1 atom stereocenters. The van der Waals surface area contributed by atoms with Crippen LogP contribution in [0.25, 0.3) is 5.69 Å². The lowest BCUT2D eigenvalue weighted by Crippen LogP contribution is -2.46. The lowest BCUT2D eigenvalue weighted by atomic mass is 9.77. The van der Waals surface area contributed by atoms with Gasteiger partial charge in [-0.25, -0.2) is 0 Å². The summed E-state index contributed by atoms with van der Waals surface area (Å²) in [6, 6.07) is 16.3. The molecule has 1 aliphatic carbocycles. The van der Waals surface area contributed by atoms with E-state index in [1.54, 1.807) is 12.7 Å². The van der Waals surface area contributed by atoms with E-state index in [1.807, 2.05) is 28.8 Å². The number of nitrogens with zero attached hydrogens (tertiary/aromatic N) is 3. The van der Waals surface area contributed by atoms with Crippen LogP contribution in [-0.2, 0) is 23.2 Å². The van der Waals surface area contributed by atoms with Crippen molar-refractivity contribution in [2.45, 2.75) is 38.1 Å². The van der Waals surface area contributed by atoms with Crippen molar-refractivity contribution in [3.63, 3.8) is 0 Å². The van der Waals surface area contributed by atoms with E-state index < -0.39 is 0 Å². The van der Waals surface area contributed by atoms with E-state index in [0.717, 1.165) is 30.5 Å². The minimum atomic E-state index is -0.283. The first kappa shape index (κ1) is 16.5. The third kappa shape index (κ3) is 3.25. The smallest absolute Gasteiger partial charge is 0.225 e. The highest BCUT2D eigenvalue weighted by molar-refractivity contribution is 5.79. The number of carbonyl (C=O) groups is 1. The average Bonchev–Trinajstić information content (AvgIpc) is 3.17. The number of aryl methyl sites for hydroxylation is 1. The van der Waals surface area contributed by atoms with Gasteiger partial charge < -0.3 is 5.32 Å². The first-order chi connectivity index (χ1) is 12.6. The summed E-state index contributed by atoms with van der Waals surface area (Å²) in [6.07, 6.45) is 6.85. The Morgan fingerprint density at radius 1 is 1.12 bits per heavy atom. The molecule has 0 bridgehead atoms. The molecule has 132 valence electrons. The molecule has 1 aromatic heterocycles. The minimum absolute atomic E-state index is 0.0567. The topological polar surface area (TPSA) is 59.8 Å². The van der Waals surface area contributed by atoms with E-state index in [4.69, 9.17) is 0 Å². The zero-order valence-electron chi connectivity index (χ0n) is 14.9. The molecule has 0 radical (unpaired) electrons. The van der Waals surface area contributed by atoms with E-state index in [1.165, 1.54) is 11.1 Å². The SMILES string of the molecule is CC1(NC(=O)Cc2ccc(-n3cnnc3)cc2)CCCc2ccccc21. The number of hydrogen-bond donors (Lipinski definition) is 1. The molecule has 2 aromatic carbocycles. The standard InChI is InChI=1S/C21H22N4O/c1-21(12-4-6-17-5-2-3-7-19(17)21)24-20(26)13-16-8-10-18(11-9-16)25-14-22-23-15-25/h2-3,5,7-11,14-15H,4,6,12-13H2,1H3,(H,24,26). The zero-order chi connectivity index (χ0) is 18.0. The van der Waals surface area contributed by atoms with Crippen LogP contribution in [0.5, 0.6) is 0 Å². The number of rotatable bonds is 4. The molecule has 3 aromatic rings. The highest BCUT2D eigenvalue weighted by atomic mass is 16.1. The van der Waals surface area contributed by atoms with Crippen LogP contribution in [0.3, 0.4) is 0 Å². The van der Waals surface area contributed by atoms with Gasteiger partial charge in [0.2, 0.25) is 5.91 Å². The number of carbonyl (C=O) groups excluding carboxylic acids is 1. The summed E-state index contributed by atoms with van der Waals surface area (Å²) in [4.78, 5) is 12.7.